The van der Waals surface area contributed by atoms with Crippen LogP contribution in [0.2, 0.25) is 0 Å². The predicted molar refractivity (Wildman–Crippen MR) is 61.8 cm³/mol. The third-order valence-electron chi connectivity index (χ3n) is 2.83. The second-order valence-corrected chi connectivity index (χ2v) is 4.28. The van der Waals surface area contributed by atoms with Crippen LogP contribution in [0.15, 0.2) is 24.3 Å². The normalized spacial score (nSPS) is 30.9. The lowest BCUT2D eigenvalue weighted by Gasteiger charge is -2.39. The fourth-order valence-corrected chi connectivity index (χ4v) is 1.82. The van der Waals surface area contributed by atoms with Gasteiger partial charge in [0.05, 0.1) is 6.61 Å². The van der Waals surface area contributed by atoms with Crippen LogP contribution in [0.3, 0.4) is 0 Å². The predicted octanol–water partition coefficient (Wildman–Crippen LogP) is -0.796. The van der Waals surface area contributed by atoms with Crippen LogP contribution in [0.5, 0.6) is 5.75 Å². The van der Waals surface area contributed by atoms with Crippen molar-refractivity contribution in [3.05, 3.63) is 29.8 Å². The molecular formula is C12H14O7. The molecule has 1 aliphatic rings. The fourth-order valence-electron chi connectivity index (χ4n) is 1.82. The molecule has 0 unspecified atom stereocenters. The van der Waals surface area contributed by atoms with E-state index in [1.165, 1.54) is 24.3 Å². The highest BCUT2D eigenvalue weighted by Gasteiger charge is 2.47. The number of hydrogen-bond acceptors (Lipinski definition) is 6. The molecule has 0 spiro atoms. The molecule has 0 aliphatic carbocycles. The first-order valence-electron chi connectivity index (χ1n) is 5.61. The van der Waals surface area contributed by atoms with Gasteiger partial charge in [0.1, 0.15) is 30.1 Å². The number of benzene rings is 1. The zero-order chi connectivity index (χ0) is 14.0. The third-order valence-corrected chi connectivity index (χ3v) is 2.83. The Morgan fingerprint density at radius 2 is 2.05 bits per heavy atom. The zero-order valence-electron chi connectivity index (χ0n) is 9.89. The lowest BCUT2D eigenvalue weighted by atomic mass is 10.0. The number of carbonyl (C=O) groups is 1. The van der Waals surface area contributed by atoms with E-state index in [9.17, 15) is 20.1 Å². The highest BCUT2D eigenvalue weighted by atomic mass is 16.7. The Hall–Kier alpha value is -1.67. The number of hydrogen-bond donors (Lipinski definition) is 4. The summed E-state index contributed by atoms with van der Waals surface area (Å²) < 4.78 is 10.1. The van der Waals surface area contributed by atoms with Crippen LogP contribution in [0, 0.1) is 0 Å². The standard InChI is InChI=1S/C12H14O7/c13-8-5-18-6-12(17,10(8)14)19-9-4-2-1-3-7(9)11(15)16/h1-4,8,10,13-14,17H,5-6H2,(H,15,16)/t8-,10+,12+/m1/s1. The number of aliphatic hydroxyl groups excluding tert-OH is 2. The number of carboxylic acid groups (broad SMARTS) is 1. The number of carboxylic acids is 1. The molecule has 3 atom stereocenters. The van der Waals surface area contributed by atoms with Gasteiger partial charge in [0.15, 0.2) is 0 Å². The molecule has 2 rings (SSSR count). The average Bonchev–Trinajstić information content (AvgIpc) is 2.36. The summed E-state index contributed by atoms with van der Waals surface area (Å²) in [7, 11) is 0. The van der Waals surface area contributed by atoms with Crippen LogP contribution in [0.25, 0.3) is 0 Å². The quantitative estimate of drug-likeness (QED) is 0.531. The SMILES string of the molecule is O=C(O)c1ccccc1O[C@@]1(O)COC[C@@H](O)[C@@H]1O. The Kier molecular flexibility index (Phi) is 3.72. The van der Waals surface area contributed by atoms with Gasteiger partial charge in [0.2, 0.25) is 0 Å². The molecule has 1 saturated heterocycles. The van der Waals surface area contributed by atoms with Crippen LogP contribution in [0.4, 0.5) is 0 Å². The second-order valence-electron chi connectivity index (χ2n) is 4.28. The van der Waals surface area contributed by atoms with E-state index in [1.54, 1.807) is 0 Å². The first kappa shape index (κ1) is 13.8. The molecular weight excluding hydrogens is 256 g/mol. The van der Waals surface area contributed by atoms with Gasteiger partial charge in [-0.1, -0.05) is 12.1 Å². The smallest absolute Gasteiger partial charge is 0.339 e. The second kappa shape index (κ2) is 5.14. The summed E-state index contributed by atoms with van der Waals surface area (Å²) in [5.41, 5.74) is -0.164. The molecule has 0 saturated carbocycles. The summed E-state index contributed by atoms with van der Waals surface area (Å²) >= 11 is 0. The van der Waals surface area contributed by atoms with Crippen molar-refractivity contribution in [3.8, 4) is 5.75 Å². The van der Waals surface area contributed by atoms with E-state index >= 15 is 0 Å². The fraction of sp³-hybridized carbons (Fsp3) is 0.417. The van der Waals surface area contributed by atoms with E-state index in [1.807, 2.05) is 0 Å². The van der Waals surface area contributed by atoms with Crippen molar-refractivity contribution in [2.75, 3.05) is 13.2 Å². The Morgan fingerprint density at radius 1 is 1.37 bits per heavy atom. The minimum Gasteiger partial charge on any atom is -0.478 e. The van der Waals surface area contributed by atoms with Gasteiger partial charge in [0, 0.05) is 0 Å². The molecule has 0 bridgehead atoms. The minimum absolute atomic E-state index is 0.116. The van der Waals surface area contributed by atoms with E-state index in [0.29, 0.717) is 0 Å². The molecule has 0 radical (unpaired) electrons. The van der Waals surface area contributed by atoms with E-state index in [4.69, 9.17) is 14.6 Å². The van der Waals surface area contributed by atoms with Crippen molar-refractivity contribution in [2.45, 2.75) is 18.0 Å². The summed E-state index contributed by atoms with van der Waals surface area (Å²) in [5.74, 6) is -3.54. The highest BCUT2D eigenvalue weighted by Crippen LogP contribution is 2.27. The lowest BCUT2D eigenvalue weighted by Crippen LogP contribution is -2.61. The Bertz CT molecular complexity index is 475. The van der Waals surface area contributed by atoms with Crippen LogP contribution < -0.4 is 4.74 Å². The minimum atomic E-state index is -2.19. The molecule has 19 heavy (non-hydrogen) atoms. The summed E-state index contributed by atoms with van der Waals surface area (Å²) in [6, 6.07) is 5.67. The van der Waals surface area contributed by atoms with Crippen molar-refractivity contribution in [1.29, 1.82) is 0 Å². The van der Waals surface area contributed by atoms with Gasteiger partial charge in [0.25, 0.3) is 5.79 Å². The number of aromatic carboxylic acids is 1. The summed E-state index contributed by atoms with van der Waals surface area (Å²) in [4.78, 5) is 11.0. The monoisotopic (exact) mass is 270 g/mol. The first-order valence-corrected chi connectivity index (χ1v) is 5.61. The van der Waals surface area contributed by atoms with Crippen LogP contribution >= 0.6 is 0 Å². The van der Waals surface area contributed by atoms with Gasteiger partial charge < -0.3 is 29.9 Å². The summed E-state index contributed by atoms with van der Waals surface area (Å²) in [6.07, 6.45) is -2.90. The van der Waals surface area contributed by atoms with Crippen molar-refractivity contribution in [1.82, 2.24) is 0 Å². The summed E-state index contributed by atoms with van der Waals surface area (Å²) in [5, 5.41) is 38.3. The lowest BCUT2D eigenvalue weighted by molar-refractivity contribution is -0.286. The van der Waals surface area contributed by atoms with Gasteiger partial charge in [-0.3, -0.25) is 0 Å². The molecule has 0 aromatic heterocycles. The third kappa shape index (κ3) is 2.69. The van der Waals surface area contributed by atoms with Crippen molar-refractivity contribution in [2.24, 2.45) is 0 Å². The maximum Gasteiger partial charge on any atom is 0.339 e. The largest absolute Gasteiger partial charge is 0.478 e. The van der Waals surface area contributed by atoms with Crippen LogP contribution in [-0.4, -0.2) is 57.6 Å². The van der Waals surface area contributed by atoms with E-state index in [0.717, 1.165) is 0 Å². The maximum absolute atomic E-state index is 11.0. The van der Waals surface area contributed by atoms with Gasteiger partial charge >= 0.3 is 5.97 Å². The Labute approximate surface area is 108 Å². The highest BCUT2D eigenvalue weighted by molar-refractivity contribution is 5.90. The Morgan fingerprint density at radius 3 is 2.74 bits per heavy atom. The molecule has 1 aliphatic heterocycles. The zero-order valence-corrected chi connectivity index (χ0v) is 9.89. The van der Waals surface area contributed by atoms with Crippen molar-refractivity contribution >= 4 is 5.97 Å². The molecule has 104 valence electrons. The molecule has 7 nitrogen and oxygen atoms in total. The van der Waals surface area contributed by atoms with Gasteiger partial charge in [-0.2, -0.15) is 0 Å². The van der Waals surface area contributed by atoms with E-state index in [-0.39, 0.29) is 24.5 Å². The molecule has 4 N–H and O–H groups in total. The first-order chi connectivity index (χ1) is 8.94. The van der Waals surface area contributed by atoms with E-state index < -0.39 is 24.0 Å². The molecule has 0 amide bonds. The maximum atomic E-state index is 11.0. The average molecular weight is 270 g/mol. The van der Waals surface area contributed by atoms with Gasteiger partial charge in [-0.25, -0.2) is 4.79 Å². The van der Waals surface area contributed by atoms with E-state index in [2.05, 4.69) is 0 Å². The topological polar surface area (TPSA) is 116 Å². The number of rotatable bonds is 3. The molecule has 1 aromatic rings. The molecule has 1 aromatic carbocycles. The molecule has 1 heterocycles. The summed E-state index contributed by atoms with van der Waals surface area (Å²) in [6.45, 7) is -0.507. The number of aliphatic hydroxyl groups is 3. The Balaban J connectivity index is 2.27. The van der Waals surface area contributed by atoms with Crippen LogP contribution in [-0.2, 0) is 4.74 Å². The molecule has 7 heteroatoms. The number of ether oxygens (including phenoxy) is 2. The van der Waals surface area contributed by atoms with Crippen molar-refractivity contribution in [3.63, 3.8) is 0 Å². The number of para-hydroxylation sites is 1. The van der Waals surface area contributed by atoms with Crippen molar-refractivity contribution < 1.29 is 34.7 Å². The molecule has 1 fully saturated rings. The van der Waals surface area contributed by atoms with Gasteiger partial charge in [-0.05, 0) is 12.1 Å². The van der Waals surface area contributed by atoms with Crippen LogP contribution in [0.1, 0.15) is 10.4 Å². The van der Waals surface area contributed by atoms with Gasteiger partial charge in [-0.15, -0.1) is 0 Å².